The van der Waals surface area contributed by atoms with Crippen molar-refractivity contribution >= 4 is 17.9 Å². The first-order valence-electron chi connectivity index (χ1n) is 29.7. The molecule has 0 rings (SSSR count). The van der Waals surface area contributed by atoms with Crippen molar-refractivity contribution in [2.45, 2.75) is 258 Å². The molecule has 0 N–H and O–H groups in total. The molecule has 0 unspecified atom stereocenters. The van der Waals surface area contributed by atoms with E-state index in [0.717, 1.165) is 109 Å². The summed E-state index contributed by atoms with van der Waals surface area (Å²) in [7, 11) is 0. The first-order valence-corrected chi connectivity index (χ1v) is 29.7. The minimum atomic E-state index is -0.825. The van der Waals surface area contributed by atoms with E-state index in [-0.39, 0.29) is 44.0 Å². The molecule has 0 aromatic heterocycles. The van der Waals surface area contributed by atoms with Crippen molar-refractivity contribution < 1.29 is 28.6 Å². The highest BCUT2D eigenvalue weighted by molar-refractivity contribution is 5.71. The van der Waals surface area contributed by atoms with Gasteiger partial charge in [0.1, 0.15) is 13.2 Å². The highest BCUT2D eigenvalue weighted by Crippen LogP contribution is 2.14. The maximum Gasteiger partial charge on any atom is 0.306 e. The zero-order chi connectivity index (χ0) is 52.9. The van der Waals surface area contributed by atoms with Crippen molar-refractivity contribution in [1.29, 1.82) is 0 Å². The summed E-state index contributed by atoms with van der Waals surface area (Å²) in [5, 5.41) is 0. The Kier molecular flexibility index (Phi) is 56.4. The summed E-state index contributed by atoms with van der Waals surface area (Å²) in [5.41, 5.74) is 0. The summed E-state index contributed by atoms with van der Waals surface area (Å²) in [5.74, 6) is -1.01. The lowest BCUT2D eigenvalue weighted by atomic mass is 10.1. The molecule has 0 aliphatic heterocycles. The van der Waals surface area contributed by atoms with E-state index in [1.165, 1.54) is 89.9 Å². The fraction of sp³-hybridized carbons (Fsp3) is 0.627. The van der Waals surface area contributed by atoms with Crippen molar-refractivity contribution in [3.05, 3.63) is 134 Å². The Hall–Kier alpha value is -4.45. The van der Waals surface area contributed by atoms with Crippen molar-refractivity contribution in [3.63, 3.8) is 0 Å². The van der Waals surface area contributed by atoms with Gasteiger partial charge in [-0.25, -0.2) is 0 Å². The molecule has 0 aliphatic rings. The van der Waals surface area contributed by atoms with Gasteiger partial charge < -0.3 is 14.2 Å². The fourth-order valence-corrected chi connectivity index (χ4v) is 7.73. The van der Waals surface area contributed by atoms with Crippen LogP contribution < -0.4 is 0 Å². The Balaban J connectivity index is 4.55. The summed E-state index contributed by atoms with van der Waals surface area (Å²) < 4.78 is 16.8. The molecule has 0 aliphatic carbocycles. The second-order valence-corrected chi connectivity index (χ2v) is 19.1. The van der Waals surface area contributed by atoms with Gasteiger partial charge in [-0.3, -0.25) is 14.4 Å². The predicted octanol–water partition coefficient (Wildman–Crippen LogP) is 20.2. The van der Waals surface area contributed by atoms with Crippen LogP contribution in [0, 0.1) is 0 Å². The quantitative estimate of drug-likeness (QED) is 0.0261. The molecule has 0 saturated carbocycles. The second kappa shape index (κ2) is 60.1. The van der Waals surface area contributed by atoms with Crippen LogP contribution in [0.1, 0.15) is 252 Å². The Morgan fingerprint density at radius 2 is 0.548 bits per heavy atom. The molecule has 1 atom stereocenters. The van der Waals surface area contributed by atoms with Gasteiger partial charge in [0, 0.05) is 19.3 Å². The van der Waals surface area contributed by atoms with Crippen molar-refractivity contribution in [1.82, 2.24) is 0 Å². The van der Waals surface area contributed by atoms with Crippen LogP contribution in [-0.2, 0) is 28.6 Å². The monoisotopic (exact) mass is 1010 g/mol. The molecule has 0 spiro atoms. The SMILES string of the molecule is CC/C=C\C/C=C\C/C=C\C/C=C\C/C=C\CCCCCC(=O)O[C@H](COC(=O)CCC/C=C\C/C=C\C/C=C\C/C=C\C/C=C\CC)COC(=O)CCCCCCCCCCC/C=C\CCCCCCCC. The molecular weight excluding hydrogens is 901 g/mol. The average Bonchev–Trinajstić information content (AvgIpc) is 3.39. The summed E-state index contributed by atoms with van der Waals surface area (Å²) in [6.45, 7) is 6.33. The van der Waals surface area contributed by atoms with Gasteiger partial charge in [0.05, 0.1) is 0 Å². The van der Waals surface area contributed by atoms with Crippen LogP contribution in [0.5, 0.6) is 0 Å². The molecule has 0 aromatic rings. The Morgan fingerprint density at radius 1 is 0.288 bits per heavy atom. The lowest BCUT2D eigenvalue weighted by Crippen LogP contribution is -2.30. The molecule has 0 fully saturated rings. The zero-order valence-electron chi connectivity index (χ0n) is 47.1. The third-order valence-corrected chi connectivity index (χ3v) is 12.1. The third-order valence-electron chi connectivity index (χ3n) is 12.1. The first-order chi connectivity index (χ1) is 36.0. The average molecular weight is 1010 g/mol. The van der Waals surface area contributed by atoms with Crippen molar-refractivity contribution in [2.75, 3.05) is 13.2 Å². The van der Waals surface area contributed by atoms with Gasteiger partial charge in [-0.1, -0.05) is 238 Å². The number of carbonyl (C=O) groups excluding carboxylic acids is 3. The van der Waals surface area contributed by atoms with E-state index in [1.54, 1.807) is 0 Å². The molecule has 0 bridgehead atoms. The zero-order valence-corrected chi connectivity index (χ0v) is 47.1. The molecule has 0 heterocycles. The molecule has 0 aromatic carbocycles. The van der Waals surface area contributed by atoms with Gasteiger partial charge in [-0.2, -0.15) is 0 Å². The summed E-state index contributed by atoms with van der Waals surface area (Å²) >= 11 is 0. The number of unbranched alkanes of at least 4 members (excludes halogenated alkanes) is 19. The standard InChI is InChI=1S/C67H108O6/c1-4-7-10-13-16-19-22-25-28-31-33-36-39-42-45-48-51-54-57-60-66(69)72-63-64(62-71-65(68)59-56-53-50-47-44-41-38-35-30-27-24-21-18-15-12-9-6-3)73-67(70)61-58-55-52-49-46-43-40-37-34-32-29-26-23-20-17-14-11-8-5-2/h8-9,11-12,17-18,20-21,25-30,34,37-38,41,43,46-47,50,64H,4-7,10,13-16,19,22-24,31-33,35-36,39-40,42,44-45,48-49,51-63H2,1-3H3/b11-8-,12-9-,20-17-,21-18-,28-25-,29-26-,30-27-,37-34-,41-38-,46-43-,50-47-/t64-/m1/s1. The molecular formula is C67H108O6. The largest absolute Gasteiger partial charge is 0.462 e. The number of hydrogen-bond donors (Lipinski definition) is 0. The van der Waals surface area contributed by atoms with Crippen molar-refractivity contribution in [2.24, 2.45) is 0 Å². The van der Waals surface area contributed by atoms with Crippen LogP contribution in [0.3, 0.4) is 0 Å². The molecule has 6 nitrogen and oxygen atoms in total. The number of allylic oxidation sites excluding steroid dienone is 22. The molecule has 0 amide bonds. The topological polar surface area (TPSA) is 78.9 Å². The van der Waals surface area contributed by atoms with E-state index in [4.69, 9.17) is 14.2 Å². The Morgan fingerprint density at radius 3 is 0.918 bits per heavy atom. The van der Waals surface area contributed by atoms with E-state index in [2.05, 4.69) is 154 Å². The normalized spacial score (nSPS) is 13.1. The van der Waals surface area contributed by atoms with E-state index < -0.39 is 6.10 Å². The van der Waals surface area contributed by atoms with E-state index >= 15 is 0 Å². The minimum Gasteiger partial charge on any atom is -0.462 e. The van der Waals surface area contributed by atoms with Gasteiger partial charge in [0.15, 0.2) is 6.10 Å². The highest BCUT2D eigenvalue weighted by Gasteiger charge is 2.19. The number of esters is 3. The molecule has 0 radical (unpaired) electrons. The van der Waals surface area contributed by atoms with Crippen molar-refractivity contribution in [3.8, 4) is 0 Å². The van der Waals surface area contributed by atoms with Crippen LogP contribution in [0.2, 0.25) is 0 Å². The molecule has 412 valence electrons. The number of carbonyl (C=O) groups is 3. The first kappa shape index (κ1) is 68.6. The van der Waals surface area contributed by atoms with Crippen LogP contribution in [-0.4, -0.2) is 37.2 Å². The van der Waals surface area contributed by atoms with Crippen LogP contribution in [0.4, 0.5) is 0 Å². The maximum absolute atomic E-state index is 12.9. The minimum absolute atomic E-state index is 0.114. The molecule has 0 saturated heterocycles. The van der Waals surface area contributed by atoms with Crippen LogP contribution in [0.25, 0.3) is 0 Å². The van der Waals surface area contributed by atoms with Gasteiger partial charge >= 0.3 is 17.9 Å². The van der Waals surface area contributed by atoms with E-state index in [0.29, 0.717) is 19.3 Å². The third kappa shape index (κ3) is 58.3. The summed E-state index contributed by atoms with van der Waals surface area (Å²) in [6, 6.07) is 0. The van der Waals surface area contributed by atoms with Gasteiger partial charge in [0.25, 0.3) is 0 Å². The van der Waals surface area contributed by atoms with Gasteiger partial charge in [-0.15, -0.1) is 0 Å². The summed E-state index contributed by atoms with van der Waals surface area (Å²) in [4.78, 5) is 38.2. The fourth-order valence-electron chi connectivity index (χ4n) is 7.73. The van der Waals surface area contributed by atoms with E-state index in [9.17, 15) is 14.4 Å². The van der Waals surface area contributed by atoms with Gasteiger partial charge in [0.2, 0.25) is 0 Å². The predicted molar refractivity (Wildman–Crippen MR) is 316 cm³/mol. The summed E-state index contributed by atoms with van der Waals surface area (Å²) in [6.07, 6.45) is 84.5. The highest BCUT2D eigenvalue weighted by atomic mass is 16.6. The lowest BCUT2D eigenvalue weighted by molar-refractivity contribution is -0.167. The maximum atomic E-state index is 12.9. The second-order valence-electron chi connectivity index (χ2n) is 19.1. The Labute approximate surface area is 449 Å². The van der Waals surface area contributed by atoms with Crippen LogP contribution in [0.15, 0.2) is 134 Å². The number of hydrogen-bond acceptors (Lipinski definition) is 6. The smallest absolute Gasteiger partial charge is 0.306 e. The molecule has 6 heteroatoms. The van der Waals surface area contributed by atoms with Crippen LogP contribution >= 0.6 is 0 Å². The number of rotatable bonds is 52. The Bertz CT molecular complexity index is 1580. The van der Waals surface area contributed by atoms with Gasteiger partial charge in [-0.05, 0) is 128 Å². The molecule has 73 heavy (non-hydrogen) atoms. The number of ether oxygens (including phenoxy) is 3. The van der Waals surface area contributed by atoms with E-state index in [1.807, 2.05) is 0 Å². The lowest BCUT2D eigenvalue weighted by Gasteiger charge is -2.18.